The molecule has 2 fully saturated rings. The Bertz CT molecular complexity index is 2430. The third-order valence-electron chi connectivity index (χ3n) is 12.7. The summed E-state index contributed by atoms with van der Waals surface area (Å²) in [6.07, 6.45) is 6.66. The molecule has 16 nitrogen and oxygen atoms in total. The number of pyridine rings is 2. The van der Waals surface area contributed by atoms with Gasteiger partial charge in [0.2, 0.25) is 17.7 Å². The molecule has 64 heavy (non-hydrogen) atoms. The number of carbonyl (C=O) groups is 5. The number of ether oxygens (including phenoxy) is 2. The Labute approximate surface area is 378 Å². The minimum absolute atomic E-state index is 0.0393. The molecule has 342 valence electrons. The third kappa shape index (κ3) is 9.47. The average molecular weight is 896 g/mol. The van der Waals surface area contributed by atoms with E-state index in [0.29, 0.717) is 61.7 Å². The fourth-order valence-corrected chi connectivity index (χ4v) is 10.1. The van der Waals surface area contributed by atoms with Gasteiger partial charge in [0.15, 0.2) is 0 Å². The third-order valence-corrected chi connectivity index (χ3v) is 13.6. The summed E-state index contributed by atoms with van der Waals surface area (Å²) in [7, 11) is 3.27. The van der Waals surface area contributed by atoms with Crippen LogP contribution < -0.4 is 10.7 Å². The van der Waals surface area contributed by atoms with Crippen LogP contribution in [0.3, 0.4) is 0 Å². The Morgan fingerprint density at radius 1 is 1.17 bits per heavy atom. The Morgan fingerprint density at radius 3 is 2.67 bits per heavy atom. The summed E-state index contributed by atoms with van der Waals surface area (Å²) < 4.78 is 14.1. The molecule has 0 spiro atoms. The van der Waals surface area contributed by atoms with Crippen molar-refractivity contribution in [3.8, 4) is 22.0 Å². The number of aryl methyl sites for hydroxylation is 1. The number of carbonyl (C=O) groups excluding carboxylic acids is 5. The Kier molecular flexibility index (Phi) is 14.0. The highest BCUT2D eigenvalue weighted by Gasteiger charge is 2.40. The van der Waals surface area contributed by atoms with E-state index in [1.165, 1.54) is 27.3 Å². The molecule has 17 heteroatoms. The van der Waals surface area contributed by atoms with Crippen molar-refractivity contribution in [1.82, 2.24) is 45.1 Å². The summed E-state index contributed by atoms with van der Waals surface area (Å²) in [4.78, 5) is 86.7. The zero-order valence-corrected chi connectivity index (χ0v) is 39.0. The van der Waals surface area contributed by atoms with Crippen LogP contribution in [0.15, 0.2) is 48.6 Å². The second-order valence-electron chi connectivity index (χ2n) is 18.3. The number of aromatic nitrogens is 4. The normalized spacial score (nSPS) is 21.3. The van der Waals surface area contributed by atoms with Crippen molar-refractivity contribution >= 4 is 51.8 Å². The van der Waals surface area contributed by atoms with E-state index in [1.54, 1.807) is 25.3 Å². The molecule has 0 aromatic carbocycles. The standard InChI is InChI=1S/C47H61N9O7S/c1-10-38(57)54-19-16-29(24-54)44(59)53(8)40(27(3)4)42(58)51-36-20-30-25-64-43(50-30)35-21-32-33(22-47(6,7)26-63-46(61)34-15-13-18-56(52-34)45(36)60)41(55(11-2)37(32)23-49-35)31-14-12-17-48-39(31)28(5)62-9/h10,12,14,17,21,23,25,27-29,34,36,40,52H,1,11,13,15-16,18-20,22,24,26H2,2-9H3,(H,51,58)/t28-,29-,34-,36-,40-/m0/s1. The molecule has 2 saturated heterocycles. The van der Waals surface area contributed by atoms with Crippen LogP contribution in [0, 0.1) is 17.3 Å². The molecule has 4 amide bonds. The maximum absolute atomic E-state index is 14.6. The van der Waals surface area contributed by atoms with E-state index in [-0.39, 0.29) is 43.4 Å². The Hall–Kier alpha value is -5.52. The Morgan fingerprint density at radius 2 is 1.95 bits per heavy atom. The topological polar surface area (TPSA) is 181 Å². The average Bonchev–Trinajstić information content (AvgIpc) is 4.05. The van der Waals surface area contributed by atoms with E-state index >= 15 is 0 Å². The van der Waals surface area contributed by atoms with Crippen LogP contribution in [0.4, 0.5) is 0 Å². The Balaban J connectivity index is 1.27. The van der Waals surface area contributed by atoms with Gasteiger partial charge in [-0.25, -0.2) is 10.4 Å². The number of fused-ring (bicyclic) bond motifs is 6. The zero-order valence-electron chi connectivity index (χ0n) is 38.2. The molecular formula is C47H61N9O7S. The fraction of sp³-hybridized carbons (Fsp3) is 0.532. The van der Waals surface area contributed by atoms with Gasteiger partial charge in [-0.3, -0.25) is 38.9 Å². The number of thiazole rings is 1. The van der Waals surface area contributed by atoms with Gasteiger partial charge < -0.3 is 29.2 Å². The molecule has 4 aromatic heterocycles. The van der Waals surface area contributed by atoms with Crippen LogP contribution in [0.5, 0.6) is 0 Å². The lowest BCUT2D eigenvalue weighted by Crippen LogP contribution is -2.62. The smallest absolute Gasteiger partial charge is 0.324 e. The summed E-state index contributed by atoms with van der Waals surface area (Å²) in [5, 5.41) is 7.91. The number of nitrogens with zero attached hydrogens (tertiary/aromatic N) is 7. The van der Waals surface area contributed by atoms with Crippen LogP contribution in [0.25, 0.3) is 32.9 Å². The van der Waals surface area contributed by atoms with Crippen LogP contribution in [0.1, 0.15) is 83.9 Å². The van der Waals surface area contributed by atoms with Crippen LogP contribution in [-0.4, -0.2) is 122 Å². The number of rotatable bonds is 10. The summed E-state index contributed by atoms with van der Waals surface area (Å²) in [5.41, 5.74) is 8.57. The first-order valence-corrected chi connectivity index (χ1v) is 23.1. The van der Waals surface area contributed by atoms with Crippen molar-refractivity contribution < 1.29 is 33.4 Å². The van der Waals surface area contributed by atoms with Gasteiger partial charge in [-0.15, -0.1) is 11.3 Å². The first kappa shape index (κ1) is 46.5. The minimum Gasteiger partial charge on any atom is -0.464 e. The van der Waals surface area contributed by atoms with E-state index in [9.17, 15) is 24.0 Å². The lowest BCUT2D eigenvalue weighted by molar-refractivity contribution is -0.155. The molecule has 6 bridgehead atoms. The van der Waals surface area contributed by atoms with E-state index in [1.807, 2.05) is 38.4 Å². The largest absolute Gasteiger partial charge is 0.464 e. The van der Waals surface area contributed by atoms with E-state index in [0.717, 1.165) is 33.4 Å². The van der Waals surface area contributed by atoms with Gasteiger partial charge in [0, 0.05) is 74.7 Å². The minimum atomic E-state index is -1.11. The van der Waals surface area contributed by atoms with Gasteiger partial charge in [-0.1, -0.05) is 34.3 Å². The second kappa shape index (κ2) is 19.3. The number of methoxy groups -OCH3 is 1. The van der Waals surface area contributed by atoms with Crippen molar-refractivity contribution in [1.29, 1.82) is 0 Å². The van der Waals surface area contributed by atoms with Gasteiger partial charge in [0.05, 0.1) is 53.1 Å². The molecular weight excluding hydrogens is 835 g/mol. The SMILES string of the molecule is C=CC(=O)N1CC[C@H](C(=O)N(C)[C@H](C(=O)N[C@H]2Cc3csc(n3)-c3cc4c(c(-c5cccnc5[C@H](C)OC)n(CC)c4cn3)CC(C)(C)COC(=O)[C@@H]3CCCN(N3)C2=O)C(C)C)C1. The molecule has 7 rings (SSSR count). The molecule has 2 N–H and O–H groups in total. The number of amides is 4. The number of hydrogen-bond donors (Lipinski definition) is 2. The lowest BCUT2D eigenvalue weighted by atomic mass is 9.84. The molecule has 0 saturated carbocycles. The van der Waals surface area contributed by atoms with Gasteiger partial charge in [0.1, 0.15) is 23.1 Å². The number of esters is 1. The quantitative estimate of drug-likeness (QED) is 0.160. The monoisotopic (exact) mass is 895 g/mol. The highest BCUT2D eigenvalue weighted by molar-refractivity contribution is 7.13. The molecule has 5 atom stereocenters. The van der Waals surface area contributed by atoms with E-state index in [2.05, 4.69) is 54.8 Å². The number of likely N-dealkylation sites (N-methyl/N-ethyl adjacent to an activating group) is 1. The highest BCUT2D eigenvalue weighted by Crippen LogP contribution is 2.41. The molecule has 3 aliphatic heterocycles. The van der Waals surface area contributed by atoms with Gasteiger partial charge in [0.25, 0.3) is 5.91 Å². The predicted molar refractivity (Wildman–Crippen MR) is 243 cm³/mol. The number of hydrazine groups is 1. The van der Waals surface area contributed by atoms with Crippen molar-refractivity contribution in [2.45, 2.75) is 104 Å². The highest BCUT2D eigenvalue weighted by atomic mass is 32.1. The maximum Gasteiger partial charge on any atom is 0.324 e. The first-order valence-electron chi connectivity index (χ1n) is 22.2. The summed E-state index contributed by atoms with van der Waals surface area (Å²) in [6.45, 7) is 17.2. The van der Waals surface area contributed by atoms with Crippen LogP contribution in [0.2, 0.25) is 0 Å². The summed E-state index contributed by atoms with van der Waals surface area (Å²) in [5.74, 6) is -2.70. The molecule has 3 aliphatic rings. The van der Waals surface area contributed by atoms with Crippen LogP contribution in [-0.2, 0) is 52.8 Å². The molecule has 4 aromatic rings. The molecule has 0 radical (unpaired) electrons. The second-order valence-corrected chi connectivity index (χ2v) is 19.1. The van der Waals surface area contributed by atoms with Gasteiger partial charge in [-0.05, 0) is 75.3 Å². The maximum atomic E-state index is 14.6. The molecule has 7 heterocycles. The number of nitrogens with one attached hydrogen (secondary N) is 2. The van der Waals surface area contributed by atoms with E-state index in [4.69, 9.17) is 24.4 Å². The number of likely N-dealkylation sites (tertiary alicyclic amines) is 1. The lowest BCUT2D eigenvalue weighted by Gasteiger charge is -2.37. The van der Waals surface area contributed by atoms with Crippen molar-refractivity contribution in [2.75, 3.05) is 40.4 Å². The van der Waals surface area contributed by atoms with Crippen molar-refractivity contribution in [3.63, 3.8) is 0 Å². The van der Waals surface area contributed by atoms with Crippen molar-refractivity contribution in [3.05, 3.63) is 65.6 Å². The summed E-state index contributed by atoms with van der Waals surface area (Å²) in [6, 6.07) is 3.24. The molecule has 0 aliphatic carbocycles. The van der Waals surface area contributed by atoms with Crippen LogP contribution >= 0.6 is 11.3 Å². The summed E-state index contributed by atoms with van der Waals surface area (Å²) >= 11 is 1.40. The van der Waals surface area contributed by atoms with E-state index < -0.39 is 47.2 Å². The number of cyclic esters (lactones) is 1. The first-order chi connectivity index (χ1) is 30.5. The molecule has 0 unspecified atom stereocenters. The van der Waals surface area contributed by atoms with Gasteiger partial charge >= 0.3 is 5.97 Å². The van der Waals surface area contributed by atoms with Crippen molar-refractivity contribution in [2.24, 2.45) is 17.3 Å². The number of hydrogen-bond acceptors (Lipinski definition) is 12. The fourth-order valence-electron chi connectivity index (χ4n) is 9.33. The predicted octanol–water partition coefficient (Wildman–Crippen LogP) is 5.12. The van der Waals surface area contributed by atoms with Gasteiger partial charge in [-0.2, -0.15) is 0 Å². The zero-order chi connectivity index (χ0) is 46.0.